The average molecular weight is 448 g/mol. The normalized spacial score (nSPS) is 14.9. The zero-order chi connectivity index (χ0) is 19.9. The Morgan fingerprint density at radius 1 is 1.32 bits per heavy atom. The highest BCUT2D eigenvalue weighted by molar-refractivity contribution is 9.10. The molecule has 0 spiro atoms. The maximum Gasteiger partial charge on any atom is 0.271 e. The van der Waals surface area contributed by atoms with Crippen LogP contribution in [0.2, 0.25) is 0 Å². The van der Waals surface area contributed by atoms with Crippen LogP contribution in [0.1, 0.15) is 21.5 Å². The van der Waals surface area contributed by atoms with E-state index in [1.807, 2.05) is 12.1 Å². The summed E-state index contributed by atoms with van der Waals surface area (Å²) in [5.74, 6) is 0.0397. The third kappa shape index (κ3) is 5.31. The van der Waals surface area contributed by atoms with Crippen LogP contribution >= 0.6 is 15.9 Å². The Morgan fingerprint density at radius 2 is 2.04 bits per heavy atom. The highest BCUT2D eigenvalue weighted by Gasteiger charge is 2.11. The summed E-state index contributed by atoms with van der Waals surface area (Å²) in [6.07, 6.45) is 1.48. The lowest BCUT2D eigenvalue weighted by molar-refractivity contribution is 0.0342. The van der Waals surface area contributed by atoms with E-state index in [0.29, 0.717) is 21.3 Å². The van der Waals surface area contributed by atoms with Crippen molar-refractivity contribution in [2.45, 2.75) is 6.54 Å². The maximum absolute atomic E-state index is 12.3. The molecule has 1 heterocycles. The van der Waals surface area contributed by atoms with E-state index >= 15 is 0 Å². The summed E-state index contributed by atoms with van der Waals surface area (Å²) in [5, 5.41) is 13.8. The predicted octanol–water partition coefficient (Wildman–Crippen LogP) is 2.76. The van der Waals surface area contributed by atoms with Gasteiger partial charge in [0.2, 0.25) is 0 Å². The first-order valence-electron chi connectivity index (χ1n) is 8.86. The van der Waals surface area contributed by atoms with Crippen LogP contribution in [0.15, 0.2) is 46.0 Å². The van der Waals surface area contributed by atoms with Gasteiger partial charge in [-0.25, -0.2) is 5.43 Å². The standard InChI is InChI=1S/C20H22BrN3O4/c1-27-18-11-15(10-17(21)19(18)25)12-22-23-20(26)16-4-2-14(3-5-16)13-24-6-8-28-9-7-24/h2-5,10-12,25H,6-9,13H2,1H3,(H,23,26). The lowest BCUT2D eigenvalue weighted by Crippen LogP contribution is -2.35. The van der Waals surface area contributed by atoms with E-state index in [0.717, 1.165) is 38.4 Å². The highest BCUT2D eigenvalue weighted by Crippen LogP contribution is 2.34. The number of aromatic hydroxyl groups is 1. The van der Waals surface area contributed by atoms with Crippen LogP contribution in [0.25, 0.3) is 0 Å². The second kappa shape index (κ2) is 9.68. The summed E-state index contributed by atoms with van der Waals surface area (Å²) in [7, 11) is 1.47. The second-order valence-electron chi connectivity index (χ2n) is 6.34. The van der Waals surface area contributed by atoms with Gasteiger partial charge in [-0.2, -0.15) is 5.10 Å². The van der Waals surface area contributed by atoms with Crippen molar-refractivity contribution >= 4 is 28.1 Å². The van der Waals surface area contributed by atoms with Crippen LogP contribution in [0.3, 0.4) is 0 Å². The van der Waals surface area contributed by atoms with Crippen LogP contribution in [-0.2, 0) is 11.3 Å². The molecule has 7 nitrogen and oxygen atoms in total. The number of halogens is 1. The number of carbonyl (C=O) groups is 1. The fourth-order valence-electron chi connectivity index (χ4n) is 2.83. The monoisotopic (exact) mass is 447 g/mol. The number of amides is 1. The molecule has 28 heavy (non-hydrogen) atoms. The Morgan fingerprint density at radius 3 is 2.71 bits per heavy atom. The summed E-state index contributed by atoms with van der Waals surface area (Å²) in [6.45, 7) is 4.23. The maximum atomic E-state index is 12.3. The largest absolute Gasteiger partial charge is 0.503 e. The van der Waals surface area contributed by atoms with Crippen molar-refractivity contribution in [3.63, 3.8) is 0 Å². The van der Waals surface area contributed by atoms with E-state index in [2.05, 4.69) is 31.4 Å². The molecule has 0 bridgehead atoms. The van der Waals surface area contributed by atoms with E-state index < -0.39 is 0 Å². The Hall–Kier alpha value is -2.42. The van der Waals surface area contributed by atoms with Gasteiger partial charge in [0.05, 0.1) is 31.0 Å². The van der Waals surface area contributed by atoms with Crippen molar-refractivity contribution in [1.29, 1.82) is 0 Å². The van der Waals surface area contributed by atoms with Gasteiger partial charge in [0.25, 0.3) is 5.91 Å². The number of nitrogens with one attached hydrogen (secondary N) is 1. The number of nitrogens with zero attached hydrogens (tertiary/aromatic N) is 2. The number of carbonyl (C=O) groups excluding carboxylic acids is 1. The number of hydrazone groups is 1. The highest BCUT2D eigenvalue weighted by atomic mass is 79.9. The van der Waals surface area contributed by atoms with Gasteiger partial charge in [-0.1, -0.05) is 12.1 Å². The molecule has 148 valence electrons. The molecule has 0 atom stereocenters. The minimum Gasteiger partial charge on any atom is -0.503 e. The minimum absolute atomic E-state index is 0.0147. The van der Waals surface area contributed by atoms with Crippen LogP contribution in [0.5, 0.6) is 11.5 Å². The summed E-state index contributed by atoms with van der Waals surface area (Å²) in [5.41, 5.74) is 4.86. The Balaban J connectivity index is 1.57. The number of benzene rings is 2. The fourth-order valence-corrected chi connectivity index (χ4v) is 3.29. The van der Waals surface area contributed by atoms with E-state index in [4.69, 9.17) is 9.47 Å². The number of ether oxygens (including phenoxy) is 2. The van der Waals surface area contributed by atoms with Crippen LogP contribution in [0, 0.1) is 0 Å². The molecule has 0 unspecified atom stereocenters. The molecule has 2 aromatic rings. The molecule has 1 aliphatic heterocycles. The van der Waals surface area contributed by atoms with Crippen molar-refractivity contribution in [3.8, 4) is 11.5 Å². The quantitative estimate of drug-likeness (QED) is 0.525. The molecule has 8 heteroatoms. The topological polar surface area (TPSA) is 83.4 Å². The van der Waals surface area contributed by atoms with Crippen LogP contribution in [0.4, 0.5) is 0 Å². The molecule has 0 radical (unpaired) electrons. The number of phenolic OH excluding ortho intramolecular Hbond substituents is 1. The zero-order valence-corrected chi connectivity index (χ0v) is 17.1. The summed E-state index contributed by atoms with van der Waals surface area (Å²) in [6, 6.07) is 10.8. The summed E-state index contributed by atoms with van der Waals surface area (Å²) >= 11 is 3.25. The van der Waals surface area contributed by atoms with Gasteiger partial charge in [0, 0.05) is 25.2 Å². The number of hydrogen-bond acceptors (Lipinski definition) is 6. The summed E-state index contributed by atoms with van der Waals surface area (Å²) in [4.78, 5) is 14.6. The molecule has 0 aromatic heterocycles. The number of methoxy groups -OCH3 is 1. The fraction of sp³-hybridized carbons (Fsp3) is 0.300. The van der Waals surface area contributed by atoms with E-state index in [1.165, 1.54) is 13.3 Å². The van der Waals surface area contributed by atoms with Crippen molar-refractivity contribution in [3.05, 3.63) is 57.6 Å². The Labute approximate surface area is 172 Å². The third-order valence-electron chi connectivity index (χ3n) is 4.38. The average Bonchev–Trinajstić information content (AvgIpc) is 2.71. The van der Waals surface area contributed by atoms with E-state index in [1.54, 1.807) is 24.3 Å². The second-order valence-corrected chi connectivity index (χ2v) is 7.19. The van der Waals surface area contributed by atoms with Crippen molar-refractivity contribution in [2.75, 3.05) is 33.4 Å². The molecule has 1 amide bonds. The van der Waals surface area contributed by atoms with Crippen LogP contribution < -0.4 is 10.2 Å². The van der Waals surface area contributed by atoms with Crippen molar-refractivity contribution in [1.82, 2.24) is 10.3 Å². The number of rotatable bonds is 6. The van der Waals surface area contributed by atoms with Crippen molar-refractivity contribution in [2.24, 2.45) is 5.10 Å². The molecule has 3 rings (SSSR count). The lowest BCUT2D eigenvalue weighted by Gasteiger charge is -2.26. The minimum atomic E-state index is -0.293. The SMILES string of the molecule is COc1cc(C=NNC(=O)c2ccc(CN3CCOCC3)cc2)cc(Br)c1O. The predicted molar refractivity (Wildman–Crippen MR) is 110 cm³/mol. The Kier molecular flexibility index (Phi) is 7.02. The molecule has 1 aliphatic rings. The third-order valence-corrected chi connectivity index (χ3v) is 4.98. The molecule has 0 aliphatic carbocycles. The number of hydrogen-bond donors (Lipinski definition) is 2. The van der Waals surface area contributed by atoms with E-state index in [-0.39, 0.29) is 11.7 Å². The van der Waals surface area contributed by atoms with Gasteiger partial charge < -0.3 is 14.6 Å². The molecule has 1 fully saturated rings. The number of morpholine rings is 1. The molecule has 2 N–H and O–H groups in total. The smallest absolute Gasteiger partial charge is 0.271 e. The number of phenols is 1. The zero-order valence-electron chi connectivity index (χ0n) is 15.5. The van der Waals surface area contributed by atoms with Gasteiger partial charge in [0.1, 0.15) is 0 Å². The Bertz CT molecular complexity index is 849. The molecule has 1 saturated heterocycles. The van der Waals surface area contributed by atoms with Gasteiger partial charge in [-0.15, -0.1) is 0 Å². The van der Waals surface area contributed by atoms with Gasteiger partial charge in [-0.3, -0.25) is 9.69 Å². The first kappa shape index (κ1) is 20.3. The molecular weight excluding hydrogens is 426 g/mol. The lowest BCUT2D eigenvalue weighted by atomic mass is 10.1. The molecular formula is C20H22BrN3O4. The molecule has 0 saturated carbocycles. The molecule has 2 aromatic carbocycles. The van der Waals surface area contributed by atoms with E-state index in [9.17, 15) is 9.90 Å². The summed E-state index contributed by atoms with van der Waals surface area (Å²) < 4.78 is 10.9. The first-order valence-corrected chi connectivity index (χ1v) is 9.65. The van der Waals surface area contributed by atoms with Gasteiger partial charge in [0.15, 0.2) is 11.5 Å². The first-order chi connectivity index (χ1) is 13.6. The van der Waals surface area contributed by atoms with Crippen molar-refractivity contribution < 1.29 is 19.4 Å². The van der Waals surface area contributed by atoms with Gasteiger partial charge in [-0.05, 0) is 51.3 Å². The van der Waals surface area contributed by atoms with Crippen LogP contribution in [-0.4, -0.2) is 55.5 Å². The van der Waals surface area contributed by atoms with Gasteiger partial charge >= 0.3 is 0 Å².